The highest BCUT2D eigenvalue weighted by Gasteiger charge is 2.00. The maximum Gasteiger partial charge on any atom is 0.321 e. The zero-order valence-corrected chi connectivity index (χ0v) is 15.0. The van der Waals surface area contributed by atoms with Gasteiger partial charge >= 0.3 is 6.01 Å². The summed E-state index contributed by atoms with van der Waals surface area (Å²) in [5.41, 5.74) is 0.674. The van der Waals surface area contributed by atoms with E-state index in [-0.39, 0.29) is 6.01 Å². The zero-order valence-electron chi connectivity index (χ0n) is 13.4. The molecular formula is C18H13BrN4O3. The van der Waals surface area contributed by atoms with E-state index in [2.05, 4.69) is 36.0 Å². The molecule has 130 valence electrons. The minimum absolute atomic E-state index is 0.264. The van der Waals surface area contributed by atoms with Crippen LogP contribution in [0.25, 0.3) is 0 Å². The summed E-state index contributed by atoms with van der Waals surface area (Å²) >= 11 is 3.27. The molecule has 0 aliphatic carbocycles. The molecule has 7 nitrogen and oxygen atoms in total. The van der Waals surface area contributed by atoms with Crippen LogP contribution in [0.1, 0.15) is 0 Å². The molecule has 0 aliphatic rings. The van der Waals surface area contributed by atoms with Crippen LogP contribution in [0.3, 0.4) is 0 Å². The van der Waals surface area contributed by atoms with Crippen molar-refractivity contribution in [2.24, 2.45) is 10.1 Å². The van der Waals surface area contributed by atoms with E-state index in [0.29, 0.717) is 17.2 Å². The van der Waals surface area contributed by atoms with Crippen LogP contribution < -0.4 is 9.47 Å². The Morgan fingerprint density at radius 1 is 0.846 bits per heavy atom. The molecule has 1 heterocycles. The highest BCUT2D eigenvalue weighted by atomic mass is 79.9. The van der Waals surface area contributed by atoms with Crippen molar-refractivity contribution in [3.8, 4) is 17.5 Å². The van der Waals surface area contributed by atoms with Gasteiger partial charge in [-0.05, 0) is 57.5 Å². The summed E-state index contributed by atoms with van der Waals surface area (Å²) in [7, 11) is 0. The van der Waals surface area contributed by atoms with Crippen LogP contribution in [0.2, 0.25) is 0 Å². The Balaban J connectivity index is 1.46. The maximum atomic E-state index is 5.52. The van der Waals surface area contributed by atoms with Crippen LogP contribution in [-0.4, -0.2) is 22.8 Å². The van der Waals surface area contributed by atoms with Crippen molar-refractivity contribution >= 4 is 34.4 Å². The topological polar surface area (TPSA) is 78.2 Å². The van der Waals surface area contributed by atoms with Crippen LogP contribution in [0, 0.1) is 0 Å². The Labute approximate surface area is 158 Å². The van der Waals surface area contributed by atoms with E-state index >= 15 is 0 Å². The van der Waals surface area contributed by atoms with Gasteiger partial charge in [0.15, 0.2) is 0 Å². The first-order chi connectivity index (χ1) is 12.8. The molecular weight excluding hydrogens is 400 g/mol. The highest BCUT2D eigenvalue weighted by molar-refractivity contribution is 9.10. The van der Waals surface area contributed by atoms with Crippen molar-refractivity contribution < 1.29 is 14.3 Å². The third-order valence-electron chi connectivity index (χ3n) is 2.93. The van der Waals surface area contributed by atoms with Crippen molar-refractivity contribution in [2.45, 2.75) is 0 Å². The number of hydrogen-bond acceptors (Lipinski definition) is 7. The number of oxime groups is 1. The summed E-state index contributed by atoms with van der Waals surface area (Å²) in [4.78, 5) is 17.1. The summed E-state index contributed by atoms with van der Waals surface area (Å²) in [6, 6.07) is 16.5. The van der Waals surface area contributed by atoms with Crippen LogP contribution in [0.4, 0.5) is 5.69 Å². The van der Waals surface area contributed by atoms with Gasteiger partial charge in [0.25, 0.3) is 0 Å². The van der Waals surface area contributed by atoms with E-state index in [1.54, 1.807) is 36.7 Å². The number of ether oxygens (including phenoxy) is 2. The van der Waals surface area contributed by atoms with Gasteiger partial charge in [0.1, 0.15) is 11.5 Å². The van der Waals surface area contributed by atoms with Gasteiger partial charge < -0.3 is 14.3 Å². The van der Waals surface area contributed by atoms with Gasteiger partial charge in [-0.3, -0.25) is 0 Å². The summed E-state index contributed by atoms with van der Waals surface area (Å²) in [6.45, 7) is 0. The van der Waals surface area contributed by atoms with Crippen LogP contribution in [0.5, 0.6) is 17.5 Å². The number of hydrogen-bond donors (Lipinski definition) is 0. The van der Waals surface area contributed by atoms with Crippen molar-refractivity contribution in [3.05, 3.63) is 71.5 Å². The lowest BCUT2D eigenvalue weighted by atomic mass is 10.3. The first-order valence-electron chi connectivity index (χ1n) is 7.47. The van der Waals surface area contributed by atoms with Gasteiger partial charge in [-0.1, -0.05) is 18.2 Å². The Morgan fingerprint density at radius 3 is 2.31 bits per heavy atom. The van der Waals surface area contributed by atoms with E-state index in [1.165, 1.54) is 12.8 Å². The molecule has 2 aromatic carbocycles. The Bertz CT molecular complexity index is 869. The quantitative estimate of drug-likeness (QED) is 0.318. The standard InChI is InChI=1S/C18H13BrN4O3/c19-14-10-20-18(21-11-14)26-17-8-6-15(7-9-17)22-12-25-23-13-24-16-4-2-1-3-5-16/h1-13H/b22-12?,23-13+. The number of aliphatic imine (C=N–C) groups is 1. The van der Waals surface area contributed by atoms with Gasteiger partial charge in [0.05, 0.1) is 10.2 Å². The zero-order chi connectivity index (χ0) is 18.0. The van der Waals surface area contributed by atoms with E-state index in [9.17, 15) is 0 Å². The fourth-order valence-corrected chi connectivity index (χ4v) is 1.98. The monoisotopic (exact) mass is 412 g/mol. The number of halogens is 1. The molecule has 0 amide bonds. The molecule has 0 unspecified atom stereocenters. The predicted molar refractivity (Wildman–Crippen MR) is 101 cm³/mol. The number of aromatic nitrogens is 2. The van der Waals surface area contributed by atoms with Crippen molar-refractivity contribution in [1.82, 2.24) is 9.97 Å². The van der Waals surface area contributed by atoms with Crippen LogP contribution in [0.15, 0.2) is 81.6 Å². The average molecular weight is 413 g/mol. The third kappa shape index (κ3) is 5.67. The van der Waals surface area contributed by atoms with Gasteiger partial charge in [-0.15, -0.1) is 0 Å². The average Bonchev–Trinajstić information content (AvgIpc) is 2.68. The second-order valence-corrected chi connectivity index (χ2v) is 5.68. The number of rotatable bonds is 7. The normalized spacial score (nSPS) is 11.0. The van der Waals surface area contributed by atoms with Gasteiger partial charge in [-0.2, -0.15) is 0 Å². The SMILES string of the molecule is Brc1cnc(Oc2ccc(N=CO/N=C/Oc3ccccc3)cc2)nc1. The van der Waals surface area contributed by atoms with E-state index in [4.69, 9.17) is 14.3 Å². The summed E-state index contributed by atoms with van der Waals surface area (Å²) < 4.78 is 11.5. The van der Waals surface area contributed by atoms with Gasteiger partial charge in [0.2, 0.25) is 12.8 Å². The molecule has 0 fully saturated rings. The number of benzene rings is 2. The molecule has 3 aromatic rings. The molecule has 0 spiro atoms. The maximum absolute atomic E-state index is 5.52. The molecule has 0 saturated heterocycles. The van der Waals surface area contributed by atoms with Crippen LogP contribution in [-0.2, 0) is 4.84 Å². The number of para-hydroxylation sites is 1. The first-order valence-corrected chi connectivity index (χ1v) is 8.26. The predicted octanol–water partition coefficient (Wildman–Crippen LogP) is 4.73. The van der Waals surface area contributed by atoms with Crippen molar-refractivity contribution in [2.75, 3.05) is 0 Å². The summed E-state index contributed by atoms with van der Waals surface area (Å²) in [6.07, 6.45) is 5.62. The first kappa shape index (κ1) is 17.6. The molecule has 8 heteroatoms. The van der Waals surface area contributed by atoms with Gasteiger partial charge in [0, 0.05) is 12.4 Å². The minimum Gasteiger partial charge on any atom is -0.442 e. The Kier molecular flexibility index (Phi) is 6.27. The lowest BCUT2D eigenvalue weighted by Gasteiger charge is -2.03. The lowest BCUT2D eigenvalue weighted by Crippen LogP contribution is -1.90. The molecule has 0 radical (unpaired) electrons. The largest absolute Gasteiger partial charge is 0.442 e. The fourth-order valence-electron chi connectivity index (χ4n) is 1.78. The molecule has 3 rings (SSSR count). The Hall–Kier alpha value is -3.26. The van der Waals surface area contributed by atoms with Crippen molar-refractivity contribution in [3.63, 3.8) is 0 Å². The number of nitrogens with zero attached hydrogens (tertiary/aromatic N) is 4. The summed E-state index contributed by atoms with van der Waals surface area (Å²) in [5.74, 6) is 1.27. The smallest absolute Gasteiger partial charge is 0.321 e. The van der Waals surface area contributed by atoms with Crippen molar-refractivity contribution in [1.29, 1.82) is 0 Å². The molecule has 1 aromatic heterocycles. The molecule has 0 bridgehead atoms. The molecule has 0 N–H and O–H groups in total. The molecule has 26 heavy (non-hydrogen) atoms. The molecule has 0 aliphatic heterocycles. The third-order valence-corrected chi connectivity index (χ3v) is 3.34. The highest BCUT2D eigenvalue weighted by Crippen LogP contribution is 2.21. The van der Waals surface area contributed by atoms with E-state index < -0.39 is 0 Å². The molecule has 0 atom stereocenters. The summed E-state index contributed by atoms with van der Waals surface area (Å²) in [5, 5.41) is 3.62. The minimum atomic E-state index is 0.264. The van der Waals surface area contributed by atoms with E-state index in [1.807, 2.05) is 30.3 Å². The molecule has 0 saturated carbocycles. The fraction of sp³-hybridized carbons (Fsp3) is 0. The van der Waals surface area contributed by atoms with E-state index in [0.717, 1.165) is 4.47 Å². The second-order valence-electron chi connectivity index (χ2n) is 4.76. The van der Waals surface area contributed by atoms with Gasteiger partial charge in [-0.25, -0.2) is 15.0 Å². The van der Waals surface area contributed by atoms with Crippen LogP contribution >= 0.6 is 15.9 Å². The Morgan fingerprint density at radius 2 is 1.58 bits per heavy atom. The lowest BCUT2D eigenvalue weighted by molar-refractivity contribution is 0.335. The second kappa shape index (κ2) is 9.28.